The van der Waals surface area contributed by atoms with Gasteiger partial charge in [-0.15, -0.1) is 11.3 Å². The van der Waals surface area contributed by atoms with Crippen LogP contribution in [0.1, 0.15) is 41.5 Å². The third-order valence-electron chi connectivity index (χ3n) is 5.61. The van der Waals surface area contributed by atoms with Crippen molar-refractivity contribution in [3.8, 4) is 0 Å². The van der Waals surface area contributed by atoms with Crippen molar-refractivity contribution in [2.75, 3.05) is 0 Å². The number of aromatic amines is 1. The lowest BCUT2D eigenvalue weighted by Gasteiger charge is -2.28. The highest BCUT2D eigenvalue weighted by molar-refractivity contribution is 7.80. The van der Waals surface area contributed by atoms with Crippen LogP contribution in [0.4, 0.5) is 0 Å². The Hall–Kier alpha value is -2.96. The average molecular weight is 462 g/mol. The summed E-state index contributed by atoms with van der Waals surface area (Å²) in [6.45, 7) is 5.32. The van der Waals surface area contributed by atoms with Crippen LogP contribution < -0.4 is 10.9 Å². The molecule has 2 N–H and O–H groups in total. The van der Waals surface area contributed by atoms with E-state index in [2.05, 4.69) is 64.8 Å². The molecule has 0 radical (unpaired) electrons. The van der Waals surface area contributed by atoms with Gasteiger partial charge in [0, 0.05) is 16.0 Å². The third-order valence-corrected chi connectivity index (χ3v) is 6.85. The molecule has 0 bridgehead atoms. The van der Waals surface area contributed by atoms with Crippen LogP contribution in [-0.2, 0) is 19.5 Å². The number of nitrogens with zero attached hydrogens (tertiary/aromatic N) is 1. The quantitative estimate of drug-likeness (QED) is 0.342. The number of hydrogen-bond donors (Lipinski definition) is 2. The molecule has 2 aromatic carbocycles. The Balaban J connectivity index is 1.61. The zero-order chi connectivity index (χ0) is 22.5. The molecule has 0 saturated heterocycles. The maximum absolute atomic E-state index is 12.8. The van der Waals surface area contributed by atoms with Crippen LogP contribution in [0.15, 0.2) is 76.9 Å². The van der Waals surface area contributed by atoms with Crippen LogP contribution in [0.5, 0.6) is 0 Å². The van der Waals surface area contributed by atoms with Gasteiger partial charge in [0.15, 0.2) is 5.11 Å². The summed E-state index contributed by atoms with van der Waals surface area (Å²) in [4.78, 5) is 19.2. The molecule has 6 heteroatoms. The van der Waals surface area contributed by atoms with E-state index in [1.807, 2.05) is 36.4 Å². The number of H-pyrrole nitrogens is 1. The highest BCUT2D eigenvalue weighted by Gasteiger charge is 2.17. The number of thiophene rings is 1. The van der Waals surface area contributed by atoms with Gasteiger partial charge in [0.1, 0.15) is 0 Å². The predicted octanol–water partition coefficient (Wildman–Crippen LogP) is 5.79. The van der Waals surface area contributed by atoms with E-state index in [9.17, 15) is 4.79 Å². The van der Waals surface area contributed by atoms with Gasteiger partial charge in [0.05, 0.1) is 19.1 Å². The van der Waals surface area contributed by atoms with Gasteiger partial charge in [0.25, 0.3) is 5.56 Å². The topological polar surface area (TPSA) is 48.1 Å². The highest BCUT2D eigenvalue weighted by Crippen LogP contribution is 2.19. The second-order valence-electron chi connectivity index (χ2n) is 7.92. The molecule has 2 aromatic heterocycles. The minimum Gasteiger partial charge on any atom is -0.356 e. The van der Waals surface area contributed by atoms with Gasteiger partial charge in [-0.3, -0.25) is 4.79 Å². The van der Waals surface area contributed by atoms with E-state index in [0.717, 1.165) is 17.3 Å². The summed E-state index contributed by atoms with van der Waals surface area (Å²) in [6.07, 6.45) is 0.959. The average Bonchev–Trinajstić information content (AvgIpc) is 3.32. The van der Waals surface area contributed by atoms with Gasteiger partial charge < -0.3 is 15.2 Å². The van der Waals surface area contributed by atoms with Gasteiger partial charge in [0.2, 0.25) is 0 Å². The van der Waals surface area contributed by atoms with Crippen LogP contribution in [0.3, 0.4) is 0 Å². The number of pyridine rings is 1. The molecule has 0 amide bonds. The van der Waals surface area contributed by atoms with Crippen molar-refractivity contribution in [1.82, 2.24) is 15.2 Å². The predicted molar refractivity (Wildman–Crippen MR) is 138 cm³/mol. The first-order valence-electron chi connectivity index (χ1n) is 10.8. The Morgan fingerprint density at radius 2 is 1.91 bits per heavy atom. The number of rotatable bonds is 7. The van der Waals surface area contributed by atoms with E-state index < -0.39 is 0 Å². The van der Waals surface area contributed by atoms with Crippen molar-refractivity contribution >= 4 is 39.6 Å². The number of aryl methyl sites for hydroxylation is 1. The Morgan fingerprint density at radius 3 is 2.62 bits per heavy atom. The van der Waals surface area contributed by atoms with Crippen molar-refractivity contribution in [3.05, 3.63) is 104 Å². The van der Waals surface area contributed by atoms with Gasteiger partial charge in [-0.25, -0.2) is 0 Å². The molecule has 0 spiro atoms. The Bertz CT molecular complexity index is 1250. The molecule has 4 aromatic rings. The molecule has 0 aliphatic heterocycles. The normalized spacial score (nSPS) is 11.9. The van der Waals surface area contributed by atoms with E-state index in [1.54, 1.807) is 11.3 Å². The first-order chi connectivity index (χ1) is 15.5. The molecule has 0 fully saturated rings. The fraction of sp³-hybridized carbons (Fsp3) is 0.231. The molecular formula is C26H27N3OS2. The molecule has 4 nitrogen and oxygen atoms in total. The SMILES string of the molecule is CCc1ccc2[nH]c(=O)c(CN(Cc3cccs3)C(=S)N[C@H](C)c3ccccc3)cc2c1. The Labute approximate surface area is 197 Å². The lowest BCUT2D eigenvalue weighted by Crippen LogP contribution is -2.40. The summed E-state index contributed by atoms with van der Waals surface area (Å²) in [6, 6.07) is 22.6. The molecule has 1 atom stereocenters. The van der Waals surface area contributed by atoms with Gasteiger partial charge >= 0.3 is 0 Å². The minimum atomic E-state index is -0.0724. The standard InChI is InChI=1S/C26H27N3OS2/c1-3-19-11-12-24-21(14-19)15-22(25(30)28-24)16-29(17-23-10-7-13-32-23)26(31)27-18(2)20-8-5-4-6-9-20/h4-15,18H,3,16-17H2,1-2H3,(H,27,31)(H,28,30)/t18-/m1/s1. The van der Waals surface area contributed by atoms with E-state index in [-0.39, 0.29) is 11.6 Å². The zero-order valence-corrected chi connectivity index (χ0v) is 19.9. The summed E-state index contributed by atoms with van der Waals surface area (Å²) < 4.78 is 0. The van der Waals surface area contributed by atoms with Crippen molar-refractivity contribution in [2.45, 2.75) is 39.4 Å². The summed E-state index contributed by atoms with van der Waals surface area (Å²) in [5.74, 6) is 0. The van der Waals surface area contributed by atoms with Crippen molar-refractivity contribution in [1.29, 1.82) is 0 Å². The molecule has 164 valence electrons. The molecule has 0 aliphatic carbocycles. The number of fused-ring (bicyclic) bond motifs is 1. The number of nitrogens with one attached hydrogen (secondary N) is 2. The smallest absolute Gasteiger partial charge is 0.253 e. The third kappa shape index (κ3) is 5.26. The fourth-order valence-corrected chi connectivity index (χ4v) is 4.76. The molecule has 0 saturated carbocycles. The minimum absolute atomic E-state index is 0.0662. The molecule has 0 unspecified atom stereocenters. The Morgan fingerprint density at radius 1 is 1.09 bits per heavy atom. The van der Waals surface area contributed by atoms with Crippen LogP contribution >= 0.6 is 23.6 Å². The van der Waals surface area contributed by atoms with Crippen LogP contribution in [0.25, 0.3) is 10.9 Å². The number of aromatic nitrogens is 1. The Kier molecular flexibility index (Phi) is 7.02. The van der Waals surface area contributed by atoms with Gasteiger partial charge in [-0.2, -0.15) is 0 Å². The monoisotopic (exact) mass is 461 g/mol. The largest absolute Gasteiger partial charge is 0.356 e. The maximum Gasteiger partial charge on any atom is 0.253 e. The van der Waals surface area contributed by atoms with Crippen LogP contribution in [-0.4, -0.2) is 15.0 Å². The molecule has 2 heterocycles. The second kappa shape index (κ2) is 10.1. The second-order valence-corrected chi connectivity index (χ2v) is 9.34. The lowest BCUT2D eigenvalue weighted by atomic mass is 10.1. The van der Waals surface area contributed by atoms with E-state index in [1.165, 1.54) is 16.0 Å². The summed E-state index contributed by atoms with van der Waals surface area (Å²) in [7, 11) is 0. The number of hydrogen-bond acceptors (Lipinski definition) is 3. The van der Waals surface area contributed by atoms with Crippen molar-refractivity contribution in [3.63, 3.8) is 0 Å². The molecule has 32 heavy (non-hydrogen) atoms. The fourth-order valence-electron chi connectivity index (χ4n) is 3.74. The number of benzene rings is 2. The summed E-state index contributed by atoms with van der Waals surface area (Å²) in [5.41, 5.74) is 3.91. The number of thiocarbonyl (C=S) groups is 1. The zero-order valence-electron chi connectivity index (χ0n) is 18.3. The molecular weight excluding hydrogens is 434 g/mol. The van der Waals surface area contributed by atoms with Crippen LogP contribution in [0, 0.1) is 0 Å². The molecule has 0 aliphatic rings. The van der Waals surface area contributed by atoms with E-state index in [0.29, 0.717) is 23.8 Å². The van der Waals surface area contributed by atoms with E-state index >= 15 is 0 Å². The highest BCUT2D eigenvalue weighted by atomic mass is 32.1. The lowest BCUT2D eigenvalue weighted by molar-refractivity contribution is 0.395. The van der Waals surface area contributed by atoms with Gasteiger partial charge in [-0.05, 0) is 71.7 Å². The summed E-state index contributed by atoms with van der Waals surface area (Å²) >= 11 is 7.50. The maximum atomic E-state index is 12.8. The van der Waals surface area contributed by atoms with Gasteiger partial charge in [-0.1, -0.05) is 49.4 Å². The summed E-state index contributed by atoms with van der Waals surface area (Å²) in [5, 5.41) is 7.20. The first-order valence-corrected chi connectivity index (χ1v) is 12.1. The van der Waals surface area contributed by atoms with E-state index in [4.69, 9.17) is 12.2 Å². The van der Waals surface area contributed by atoms with Crippen molar-refractivity contribution in [2.24, 2.45) is 0 Å². The first kappa shape index (κ1) is 22.2. The van der Waals surface area contributed by atoms with Crippen LogP contribution in [0.2, 0.25) is 0 Å². The van der Waals surface area contributed by atoms with Crippen molar-refractivity contribution < 1.29 is 0 Å². The molecule has 4 rings (SSSR count).